The molecule has 11 unspecified atom stereocenters. The topological polar surface area (TPSA) is 0 Å². The summed E-state index contributed by atoms with van der Waals surface area (Å²) < 4.78 is 0. The summed E-state index contributed by atoms with van der Waals surface area (Å²) >= 11 is 14.0. The molecule has 0 saturated heterocycles. The van der Waals surface area contributed by atoms with Gasteiger partial charge in [0.1, 0.15) is 0 Å². The van der Waals surface area contributed by atoms with Gasteiger partial charge in [0.25, 0.3) is 0 Å². The minimum Gasteiger partial charge on any atom is -0.179 e. The minimum atomic E-state index is 0.785. The van der Waals surface area contributed by atoms with E-state index in [1.54, 1.807) is 0 Å². The summed E-state index contributed by atoms with van der Waals surface area (Å²) in [5.41, 5.74) is 0. The fourth-order valence-corrected chi connectivity index (χ4v) is 11.0. The lowest BCUT2D eigenvalue weighted by molar-refractivity contribution is 0.233. The summed E-state index contributed by atoms with van der Waals surface area (Å²) in [4.78, 5) is 0. The van der Waals surface area contributed by atoms with E-state index >= 15 is 0 Å². The largest absolute Gasteiger partial charge is 0.179 e. The lowest BCUT2D eigenvalue weighted by atomic mass is 9.77. The van der Waals surface area contributed by atoms with Crippen LogP contribution in [0.5, 0.6) is 0 Å². The van der Waals surface area contributed by atoms with E-state index in [0.717, 1.165) is 74.6 Å². The summed E-state index contributed by atoms with van der Waals surface area (Å²) in [5.74, 6) is 10.6. The third-order valence-electron chi connectivity index (χ3n) is 9.93. The van der Waals surface area contributed by atoms with Gasteiger partial charge in [0.2, 0.25) is 0 Å². The van der Waals surface area contributed by atoms with E-state index in [1.165, 1.54) is 70.0 Å². The maximum atomic E-state index is 4.62. The van der Waals surface area contributed by atoms with Crippen LogP contribution < -0.4 is 0 Å². The SMILES string of the molecule is CC(CS)C1CCCC(SCC(C)C2CCC(C)C(SC3CC(C(C)CS)CCC3C)C2)C1. The van der Waals surface area contributed by atoms with Crippen molar-refractivity contribution in [2.24, 2.45) is 47.3 Å². The van der Waals surface area contributed by atoms with E-state index < -0.39 is 0 Å². The van der Waals surface area contributed by atoms with Crippen molar-refractivity contribution < 1.29 is 0 Å². The van der Waals surface area contributed by atoms with Crippen molar-refractivity contribution in [2.45, 2.75) is 115 Å². The molecule has 3 aliphatic carbocycles. The Bertz CT molecular complexity index is 554. The average Bonchev–Trinajstić information content (AvgIpc) is 2.84. The van der Waals surface area contributed by atoms with Crippen LogP contribution in [-0.2, 0) is 0 Å². The summed E-state index contributed by atoms with van der Waals surface area (Å²) in [7, 11) is 0. The lowest BCUT2D eigenvalue weighted by Crippen LogP contribution is -2.35. The molecule has 194 valence electrons. The number of hydrogen-bond donors (Lipinski definition) is 2. The Labute approximate surface area is 226 Å². The van der Waals surface area contributed by atoms with Gasteiger partial charge in [0.15, 0.2) is 0 Å². The van der Waals surface area contributed by atoms with E-state index in [2.05, 4.69) is 83.4 Å². The molecule has 11 atom stereocenters. The molecule has 33 heavy (non-hydrogen) atoms. The van der Waals surface area contributed by atoms with Crippen LogP contribution in [0.25, 0.3) is 0 Å². The minimum absolute atomic E-state index is 0.785. The smallest absolute Gasteiger partial charge is 0.00783 e. The molecule has 3 fully saturated rings. The van der Waals surface area contributed by atoms with Crippen LogP contribution in [0.4, 0.5) is 0 Å². The summed E-state index contributed by atoms with van der Waals surface area (Å²) in [6.07, 6.45) is 14.5. The molecule has 0 aromatic rings. The van der Waals surface area contributed by atoms with Crippen molar-refractivity contribution in [3.8, 4) is 0 Å². The van der Waals surface area contributed by atoms with Crippen LogP contribution in [0.15, 0.2) is 0 Å². The molecule has 0 spiro atoms. The van der Waals surface area contributed by atoms with Gasteiger partial charge >= 0.3 is 0 Å². The average molecular weight is 531 g/mol. The molecule has 0 radical (unpaired) electrons. The molecular weight excluding hydrogens is 477 g/mol. The molecule has 0 nitrogen and oxygen atoms in total. The second kappa shape index (κ2) is 14.4. The maximum absolute atomic E-state index is 4.62. The van der Waals surface area contributed by atoms with Crippen LogP contribution >= 0.6 is 48.8 Å². The normalized spacial score (nSPS) is 40.8. The van der Waals surface area contributed by atoms with Gasteiger partial charge in [-0.25, -0.2) is 0 Å². The molecule has 0 aliphatic heterocycles. The van der Waals surface area contributed by atoms with Crippen LogP contribution in [0.1, 0.15) is 98.8 Å². The molecule has 0 N–H and O–H groups in total. The highest BCUT2D eigenvalue weighted by atomic mass is 32.2. The van der Waals surface area contributed by atoms with Gasteiger partial charge in [0, 0.05) is 15.7 Å². The van der Waals surface area contributed by atoms with Crippen molar-refractivity contribution in [2.75, 3.05) is 17.3 Å². The van der Waals surface area contributed by atoms with Crippen molar-refractivity contribution in [3.63, 3.8) is 0 Å². The molecular formula is C29H54S4. The van der Waals surface area contributed by atoms with Crippen molar-refractivity contribution >= 4 is 48.8 Å². The monoisotopic (exact) mass is 530 g/mol. The second-order valence-electron chi connectivity index (χ2n) is 12.5. The molecule has 0 heterocycles. The molecule has 0 aromatic heterocycles. The van der Waals surface area contributed by atoms with Crippen molar-refractivity contribution in [1.82, 2.24) is 0 Å². The first-order valence-corrected chi connectivity index (χ1v) is 17.6. The molecule has 0 aromatic carbocycles. The fraction of sp³-hybridized carbons (Fsp3) is 1.00. The third-order valence-corrected chi connectivity index (χ3v) is 14.7. The van der Waals surface area contributed by atoms with E-state index in [4.69, 9.17) is 0 Å². The van der Waals surface area contributed by atoms with E-state index in [-0.39, 0.29) is 0 Å². The van der Waals surface area contributed by atoms with E-state index in [0.29, 0.717) is 0 Å². The second-order valence-corrected chi connectivity index (χ2v) is 16.0. The highest BCUT2D eigenvalue weighted by Crippen LogP contribution is 2.47. The Kier molecular flexibility index (Phi) is 12.6. The van der Waals surface area contributed by atoms with E-state index in [1.807, 2.05) is 0 Å². The maximum Gasteiger partial charge on any atom is 0.00783 e. The number of thioether (sulfide) groups is 2. The molecule has 3 saturated carbocycles. The van der Waals surface area contributed by atoms with Gasteiger partial charge < -0.3 is 0 Å². The Morgan fingerprint density at radius 2 is 1.18 bits per heavy atom. The number of hydrogen-bond acceptors (Lipinski definition) is 4. The summed E-state index contributed by atoms with van der Waals surface area (Å²) in [5, 5.41) is 2.69. The highest BCUT2D eigenvalue weighted by molar-refractivity contribution is 8.00. The van der Waals surface area contributed by atoms with Gasteiger partial charge in [-0.15, -0.1) is 0 Å². The van der Waals surface area contributed by atoms with Crippen LogP contribution in [0, 0.1) is 47.3 Å². The first-order valence-electron chi connectivity index (χ1n) is 14.3. The standard InChI is InChI=1S/C29H54S4/c1-19-9-11-25(22(4)17-31)14-28(19)33-29-15-26(12-10-20(29)2)23(5)18-32-27-8-6-7-24(13-27)21(3)16-30/h19-31H,6-18H2,1-5H3. The zero-order valence-corrected chi connectivity index (χ0v) is 25.7. The summed E-state index contributed by atoms with van der Waals surface area (Å²) in [6, 6.07) is 0. The predicted octanol–water partition coefficient (Wildman–Crippen LogP) is 9.39. The summed E-state index contributed by atoms with van der Waals surface area (Å²) in [6.45, 7) is 12.5. The van der Waals surface area contributed by atoms with Gasteiger partial charge in [-0.2, -0.15) is 48.8 Å². The predicted molar refractivity (Wildman–Crippen MR) is 162 cm³/mol. The number of rotatable bonds is 10. The van der Waals surface area contributed by atoms with Gasteiger partial charge in [-0.1, -0.05) is 47.5 Å². The molecule has 0 amide bonds. The van der Waals surface area contributed by atoms with E-state index in [9.17, 15) is 0 Å². The van der Waals surface area contributed by atoms with Crippen LogP contribution in [-0.4, -0.2) is 33.0 Å². The molecule has 3 rings (SSSR count). The quantitative estimate of drug-likeness (QED) is 0.270. The lowest BCUT2D eigenvalue weighted by Gasteiger charge is -2.42. The first-order chi connectivity index (χ1) is 15.8. The molecule has 3 aliphatic rings. The highest BCUT2D eigenvalue weighted by Gasteiger charge is 2.37. The van der Waals surface area contributed by atoms with Crippen LogP contribution in [0.2, 0.25) is 0 Å². The van der Waals surface area contributed by atoms with Crippen molar-refractivity contribution in [3.05, 3.63) is 0 Å². The zero-order chi connectivity index (χ0) is 24.0. The number of thiol groups is 2. The van der Waals surface area contributed by atoms with Crippen molar-refractivity contribution in [1.29, 1.82) is 0 Å². The Hall–Kier alpha value is 1.40. The first kappa shape index (κ1) is 29.0. The molecule has 0 bridgehead atoms. The Morgan fingerprint density at radius 3 is 1.73 bits per heavy atom. The van der Waals surface area contributed by atoms with Gasteiger partial charge in [0.05, 0.1) is 0 Å². The van der Waals surface area contributed by atoms with Gasteiger partial charge in [-0.05, 0) is 116 Å². The van der Waals surface area contributed by atoms with Gasteiger partial charge in [-0.3, -0.25) is 0 Å². The molecule has 4 heteroatoms. The zero-order valence-electron chi connectivity index (χ0n) is 22.3. The van der Waals surface area contributed by atoms with Crippen LogP contribution in [0.3, 0.4) is 0 Å². The Morgan fingerprint density at radius 1 is 0.667 bits per heavy atom. The Balaban J connectivity index is 1.48. The fourth-order valence-electron chi connectivity index (χ4n) is 6.83. The third kappa shape index (κ3) is 8.46.